The molecule has 0 saturated heterocycles. The number of carbonyl (C=O) groups is 1. The van der Waals surface area contributed by atoms with Gasteiger partial charge in [0.15, 0.2) is 5.65 Å². The van der Waals surface area contributed by atoms with Crippen LogP contribution in [0.4, 0.5) is 0 Å². The number of carbonyl (C=O) groups excluding carboxylic acids is 1. The van der Waals surface area contributed by atoms with E-state index in [0.29, 0.717) is 30.2 Å². The van der Waals surface area contributed by atoms with Crippen LogP contribution in [0.3, 0.4) is 0 Å². The SMILES string of the molecule is O=C(CCn1cc(Cl)cn1)NCc1[nH]nc2ncccc12. The fourth-order valence-electron chi connectivity index (χ4n) is 1.99. The highest BCUT2D eigenvalue weighted by molar-refractivity contribution is 6.30. The first-order chi connectivity index (χ1) is 10.2. The predicted molar refractivity (Wildman–Crippen MR) is 77.6 cm³/mol. The van der Waals surface area contributed by atoms with Crippen molar-refractivity contribution in [2.75, 3.05) is 0 Å². The number of nitrogens with zero attached hydrogens (tertiary/aromatic N) is 4. The van der Waals surface area contributed by atoms with Crippen LogP contribution in [0.1, 0.15) is 12.1 Å². The number of aromatic nitrogens is 5. The van der Waals surface area contributed by atoms with Crippen molar-refractivity contribution in [3.05, 3.63) is 41.4 Å². The Morgan fingerprint density at radius 3 is 3.19 bits per heavy atom. The number of halogens is 1. The van der Waals surface area contributed by atoms with Gasteiger partial charge in [0.25, 0.3) is 0 Å². The van der Waals surface area contributed by atoms with E-state index >= 15 is 0 Å². The number of hydrogen-bond acceptors (Lipinski definition) is 4. The minimum atomic E-state index is -0.0618. The van der Waals surface area contributed by atoms with Gasteiger partial charge in [0, 0.05) is 30.7 Å². The number of nitrogens with one attached hydrogen (secondary N) is 2. The molecule has 0 spiro atoms. The maximum Gasteiger partial charge on any atom is 0.222 e. The molecule has 3 rings (SSSR count). The molecule has 0 fully saturated rings. The summed E-state index contributed by atoms with van der Waals surface area (Å²) in [6, 6.07) is 3.75. The molecule has 0 atom stereocenters. The Balaban J connectivity index is 1.54. The van der Waals surface area contributed by atoms with Gasteiger partial charge in [-0.1, -0.05) is 11.6 Å². The second-order valence-electron chi connectivity index (χ2n) is 4.53. The molecule has 0 radical (unpaired) electrons. The molecule has 3 aromatic heterocycles. The predicted octanol–water partition coefficient (Wildman–Crippen LogP) is 1.51. The van der Waals surface area contributed by atoms with Crippen molar-refractivity contribution in [2.24, 2.45) is 0 Å². The van der Waals surface area contributed by atoms with Crippen LogP contribution in [-0.2, 0) is 17.9 Å². The Hall–Kier alpha value is -2.41. The summed E-state index contributed by atoms with van der Waals surface area (Å²) in [7, 11) is 0. The molecule has 0 bridgehead atoms. The van der Waals surface area contributed by atoms with E-state index < -0.39 is 0 Å². The van der Waals surface area contributed by atoms with Crippen LogP contribution >= 0.6 is 11.6 Å². The summed E-state index contributed by atoms with van der Waals surface area (Å²) in [6.45, 7) is 0.880. The van der Waals surface area contributed by atoms with Gasteiger partial charge in [-0.05, 0) is 12.1 Å². The first-order valence-electron chi connectivity index (χ1n) is 6.45. The van der Waals surface area contributed by atoms with E-state index in [9.17, 15) is 4.79 Å². The summed E-state index contributed by atoms with van der Waals surface area (Å²) in [6.07, 6.45) is 5.25. The van der Waals surface area contributed by atoms with E-state index in [4.69, 9.17) is 11.6 Å². The lowest BCUT2D eigenvalue weighted by atomic mass is 10.2. The molecular formula is C13H13ClN6O. The van der Waals surface area contributed by atoms with E-state index in [0.717, 1.165) is 11.1 Å². The van der Waals surface area contributed by atoms with Gasteiger partial charge in [-0.3, -0.25) is 14.6 Å². The Kier molecular flexibility index (Phi) is 3.83. The Labute approximate surface area is 125 Å². The van der Waals surface area contributed by atoms with Crippen LogP contribution in [0.2, 0.25) is 5.02 Å². The van der Waals surface area contributed by atoms with E-state index in [1.165, 1.54) is 0 Å². The molecule has 8 heteroatoms. The largest absolute Gasteiger partial charge is 0.350 e. The second kappa shape index (κ2) is 5.92. The zero-order chi connectivity index (χ0) is 14.7. The highest BCUT2D eigenvalue weighted by Crippen LogP contribution is 2.12. The average molecular weight is 305 g/mol. The molecule has 108 valence electrons. The molecule has 3 aromatic rings. The summed E-state index contributed by atoms with van der Waals surface area (Å²) >= 11 is 5.76. The van der Waals surface area contributed by atoms with Gasteiger partial charge in [-0.25, -0.2) is 4.98 Å². The lowest BCUT2D eigenvalue weighted by molar-refractivity contribution is -0.121. The number of fused-ring (bicyclic) bond motifs is 1. The fourth-order valence-corrected chi connectivity index (χ4v) is 2.15. The lowest BCUT2D eigenvalue weighted by Crippen LogP contribution is -2.24. The number of rotatable bonds is 5. The molecule has 0 unspecified atom stereocenters. The first kappa shape index (κ1) is 13.6. The van der Waals surface area contributed by atoms with Crippen LogP contribution in [0.15, 0.2) is 30.7 Å². The molecule has 0 aromatic carbocycles. The quantitative estimate of drug-likeness (QED) is 0.748. The normalized spacial score (nSPS) is 10.9. The van der Waals surface area contributed by atoms with Crippen LogP contribution in [0, 0.1) is 0 Å². The van der Waals surface area contributed by atoms with Gasteiger partial charge in [-0.2, -0.15) is 10.2 Å². The highest BCUT2D eigenvalue weighted by atomic mass is 35.5. The maximum atomic E-state index is 11.8. The molecule has 0 saturated carbocycles. The van der Waals surface area contributed by atoms with Crippen LogP contribution < -0.4 is 5.32 Å². The Morgan fingerprint density at radius 2 is 2.38 bits per heavy atom. The van der Waals surface area contributed by atoms with E-state index in [-0.39, 0.29) is 5.91 Å². The molecule has 1 amide bonds. The third kappa shape index (κ3) is 3.19. The standard InChI is InChI=1S/C13H13ClN6O/c14-9-6-17-20(8-9)5-3-12(21)16-7-11-10-2-1-4-15-13(10)19-18-11/h1-2,4,6,8H,3,5,7H2,(H,16,21)(H,15,18,19). The van der Waals surface area contributed by atoms with Crippen molar-refractivity contribution in [3.8, 4) is 0 Å². The van der Waals surface area contributed by atoms with Crippen LogP contribution in [0.25, 0.3) is 11.0 Å². The molecular weight excluding hydrogens is 292 g/mol. The van der Waals surface area contributed by atoms with E-state index in [1.807, 2.05) is 12.1 Å². The van der Waals surface area contributed by atoms with E-state index in [1.54, 1.807) is 23.3 Å². The lowest BCUT2D eigenvalue weighted by Gasteiger charge is -2.04. The minimum Gasteiger partial charge on any atom is -0.350 e. The number of H-pyrrole nitrogens is 1. The van der Waals surface area contributed by atoms with Crippen molar-refractivity contribution in [1.82, 2.24) is 30.3 Å². The summed E-state index contributed by atoms with van der Waals surface area (Å²) < 4.78 is 1.64. The van der Waals surface area contributed by atoms with Crippen molar-refractivity contribution >= 4 is 28.5 Å². The van der Waals surface area contributed by atoms with E-state index in [2.05, 4.69) is 25.6 Å². The molecule has 0 aliphatic heterocycles. The van der Waals surface area contributed by atoms with Crippen LogP contribution in [-0.4, -0.2) is 30.9 Å². The molecule has 3 heterocycles. The fraction of sp³-hybridized carbons (Fsp3) is 0.231. The highest BCUT2D eigenvalue weighted by Gasteiger charge is 2.07. The Morgan fingerprint density at radius 1 is 1.48 bits per heavy atom. The molecule has 0 aliphatic rings. The Bertz CT molecular complexity index is 765. The van der Waals surface area contributed by atoms with Crippen LogP contribution in [0.5, 0.6) is 0 Å². The topological polar surface area (TPSA) is 88.5 Å². The van der Waals surface area contributed by atoms with Crippen molar-refractivity contribution in [1.29, 1.82) is 0 Å². The zero-order valence-electron chi connectivity index (χ0n) is 11.1. The van der Waals surface area contributed by atoms with Gasteiger partial charge < -0.3 is 5.32 Å². The molecule has 2 N–H and O–H groups in total. The summed E-state index contributed by atoms with van der Waals surface area (Å²) in [5, 5.41) is 15.3. The van der Waals surface area contributed by atoms with Crippen molar-refractivity contribution < 1.29 is 4.79 Å². The number of aryl methyl sites for hydroxylation is 1. The van der Waals surface area contributed by atoms with Gasteiger partial charge in [0.1, 0.15) is 0 Å². The molecule has 21 heavy (non-hydrogen) atoms. The minimum absolute atomic E-state index is 0.0618. The monoisotopic (exact) mass is 304 g/mol. The summed E-state index contributed by atoms with van der Waals surface area (Å²) in [5.74, 6) is -0.0618. The smallest absolute Gasteiger partial charge is 0.222 e. The van der Waals surface area contributed by atoms with Gasteiger partial charge in [-0.15, -0.1) is 0 Å². The summed E-state index contributed by atoms with van der Waals surface area (Å²) in [4.78, 5) is 15.9. The number of pyridine rings is 1. The van der Waals surface area contributed by atoms with Crippen molar-refractivity contribution in [2.45, 2.75) is 19.5 Å². The number of amides is 1. The number of aromatic amines is 1. The third-order valence-electron chi connectivity index (χ3n) is 3.04. The molecule has 7 nitrogen and oxygen atoms in total. The third-order valence-corrected chi connectivity index (χ3v) is 3.24. The number of hydrogen-bond donors (Lipinski definition) is 2. The maximum absolute atomic E-state index is 11.8. The first-order valence-corrected chi connectivity index (χ1v) is 6.83. The molecule has 0 aliphatic carbocycles. The van der Waals surface area contributed by atoms with Gasteiger partial charge >= 0.3 is 0 Å². The average Bonchev–Trinajstić information content (AvgIpc) is 3.09. The van der Waals surface area contributed by atoms with Crippen molar-refractivity contribution in [3.63, 3.8) is 0 Å². The summed E-state index contributed by atoms with van der Waals surface area (Å²) in [5.41, 5.74) is 1.49. The van der Waals surface area contributed by atoms with Gasteiger partial charge in [0.2, 0.25) is 5.91 Å². The van der Waals surface area contributed by atoms with Gasteiger partial charge in [0.05, 0.1) is 23.5 Å². The second-order valence-corrected chi connectivity index (χ2v) is 4.96. The zero-order valence-corrected chi connectivity index (χ0v) is 11.8.